The summed E-state index contributed by atoms with van der Waals surface area (Å²) in [5.41, 5.74) is 2.59. The van der Waals surface area contributed by atoms with E-state index < -0.39 is 10.8 Å². The van der Waals surface area contributed by atoms with E-state index in [1.165, 1.54) is 23.1 Å². The number of hydrogen-bond acceptors (Lipinski definition) is 7. The number of aromatic nitrogens is 1. The van der Waals surface area contributed by atoms with Gasteiger partial charge in [-0.05, 0) is 48.9 Å². The van der Waals surface area contributed by atoms with Crippen LogP contribution in [0, 0.1) is 0 Å². The fourth-order valence-electron chi connectivity index (χ4n) is 3.76. The smallest absolute Gasteiger partial charge is 0.256 e. The first-order valence-corrected chi connectivity index (χ1v) is 14.5. The van der Waals surface area contributed by atoms with E-state index in [1.807, 2.05) is 48.5 Å². The number of aliphatic hydroxyl groups is 1. The third-order valence-electron chi connectivity index (χ3n) is 5.67. The van der Waals surface area contributed by atoms with Crippen LogP contribution in [0.4, 0.5) is 5.69 Å². The maximum absolute atomic E-state index is 12.9. The second kappa shape index (κ2) is 11.4. The molecular formula is C27H23N3O4S3. The molecule has 3 aromatic carbocycles. The number of carbonyl (C=O) groups is 2. The van der Waals surface area contributed by atoms with Crippen LogP contribution in [-0.4, -0.2) is 38.5 Å². The number of amides is 2. The normalized spacial score (nSPS) is 13.2. The minimum absolute atomic E-state index is 0.0269. The Labute approximate surface area is 224 Å². The quantitative estimate of drug-likeness (QED) is 0.287. The molecule has 0 saturated carbocycles. The van der Waals surface area contributed by atoms with Gasteiger partial charge >= 0.3 is 0 Å². The highest BCUT2D eigenvalue weighted by Crippen LogP contribution is 2.39. The average Bonchev–Trinajstić information content (AvgIpc) is 3.35. The van der Waals surface area contributed by atoms with E-state index in [-0.39, 0.29) is 18.4 Å². The predicted octanol–water partition coefficient (Wildman–Crippen LogP) is 4.95. The van der Waals surface area contributed by atoms with Crippen molar-refractivity contribution in [1.29, 1.82) is 0 Å². The summed E-state index contributed by atoms with van der Waals surface area (Å²) in [5.74, 6) is -0.00507. The van der Waals surface area contributed by atoms with Crippen molar-refractivity contribution >= 4 is 51.4 Å². The number of hydrogen-bond donors (Lipinski definition) is 3. The molecule has 1 aromatic heterocycles. The van der Waals surface area contributed by atoms with Crippen LogP contribution in [-0.2, 0) is 17.3 Å². The molecule has 0 bridgehead atoms. The minimum atomic E-state index is -1.13. The first kappa shape index (κ1) is 25.3. The number of thiazole rings is 1. The Hall–Kier alpha value is -3.31. The van der Waals surface area contributed by atoms with Crippen LogP contribution in [0.3, 0.4) is 0 Å². The number of fused-ring (bicyclic) bond motifs is 2. The summed E-state index contributed by atoms with van der Waals surface area (Å²) in [6.45, 7) is 0.350. The van der Waals surface area contributed by atoms with Crippen molar-refractivity contribution in [3.63, 3.8) is 0 Å². The summed E-state index contributed by atoms with van der Waals surface area (Å²) in [6.07, 6.45) is 2.24. The summed E-state index contributed by atoms with van der Waals surface area (Å²) in [6, 6.07) is 20.1. The van der Waals surface area contributed by atoms with Gasteiger partial charge in [0.25, 0.3) is 11.8 Å². The molecule has 3 N–H and O–H groups in total. The highest BCUT2D eigenvalue weighted by atomic mass is 32.2. The molecule has 1 unspecified atom stereocenters. The maximum Gasteiger partial charge on any atom is 0.256 e. The lowest BCUT2D eigenvalue weighted by Crippen LogP contribution is -2.22. The monoisotopic (exact) mass is 549 g/mol. The zero-order valence-corrected chi connectivity index (χ0v) is 22.1. The van der Waals surface area contributed by atoms with Gasteiger partial charge in [-0.25, -0.2) is 4.98 Å². The third-order valence-corrected chi connectivity index (χ3v) is 9.33. The highest BCUT2D eigenvalue weighted by Gasteiger charge is 2.20. The Bertz CT molecular complexity index is 1480. The van der Waals surface area contributed by atoms with E-state index in [1.54, 1.807) is 24.4 Å². The van der Waals surface area contributed by atoms with Crippen LogP contribution < -0.4 is 10.6 Å². The van der Waals surface area contributed by atoms with Crippen molar-refractivity contribution in [2.45, 2.75) is 27.7 Å². The van der Waals surface area contributed by atoms with Gasteiger partial charge < -0.3 is 15.7 Å². The Balaban J connectivity index is 1.22. The van der Waals surface area contributed by atoms with Gasteiger partial charge in [-0.3, -0.25) is 13.8 Å². The van der Waals surface area contributed by atoms with E-state index in [2.05, 4.69) is 15.6 Å². The Morgan fingerprint density at radius 2 is 1.86 bits per heavy atom. The van der Waals surface area contributed by atoms with Crippen LogP contribution in [0.25, 0.3) is 10.6 Å². The van der Waals surface area contributed by atoms with E-state index in [0.29, 0.717) is 35.5 Å². The molecule has 1 aliphatic heterocycles. The molecule has 7 nitrogen and oxygen atoms in total. The van der Waals surface area contributed by atoms with Gasteiger partial charge in [-0.2, -0.15) is 0 Å². The Morgan fingerprint density at radius 1 is 1.05 bits per heavy atom. The third kappa shape index (κ3) is 5.83. The van der Waals surface area contributed by atoms with E-state index in [4.69, 9.17) is 5.11 Å². The molecule has 1 atom stereocenters. The molecule has 2 heterocycles. The van der Waals surface area contributed by atoms with Gasteiger partial charge in [0.1, 0.15) is 5.01 Å². The molecule has 0 fully saturated rings. The van der Waals surface area contributed by atoms with Crippen LogP contribution in [0.2, 0.25) is 0 Å². The standard InChI is InChI=1S/C27H23N3O4S3/c31-12-3-13-37(34)20-9-6-17(7-10-20)27-29-16-19(35-27)15-28-25(32)18-8-11-24-22(14-18)30-26(33)21-4-1-2-5-23(21)36-24/h1-2,4-11,14,16,31H,3,12-13,15H2,(H,28,32)(H,30,33). The maximum atomic E-state index is 12.9. The van der Waals surface area contributed by atoms with Gasteiger partial charge in [-0.1, -0.05) is 36.0 Å². The fraction of sp³-hybridized carbons (Fsp3) is 0.148. The first-order valence-electron chi connectivity index (χ1n) is 11.6. The van der Waals surface area contributed by atoms with Crippen molar-refractivity contribution in [2.75, 3.05) is 17.7 Å². The number of nitrogens with one attached hydrogen (secondary N) is 2. The SMILES string of the molecule is O=C(NCc1cnc(-c2ccc(S(=O)CCCO)cc2)s1)c1ccc2c(c1)NC(=O)c1ccccc1S2. The molecule has 188 valence electrons. The fourth-order valence-corrected chi connectivity index (χ4v) is 6.70. The van der Waals surface area contributed by atoms with Gasteiger partial charge in [0, 0.05) is 49.2 Å². The topological polar surface area (TPSA) is 108 Å². The van der Waals surface area contributed by atoms with Crippen LogP contribution >= 0.6 is 23.1 Å². The summed E-state index contributed by atoms with van der Waals surface area (Å²) >= 11 is 2.97. The summed E-state index contributed by atoms with van der Waals surface area (Å²) in [5, 5.41) is 15.6. The molecule has 0 saturated heterocycles. The van der Waals surface area contributed by atoms with E-state index in [9.17, 15) is 13.8 Å². The number of aliphatic hydroxyl groups excluding tert-OH is 1. The lowest BCUT2D eigenvalue weighted by molar-refractivity contribution is 0.0949. The number of rotatable bonds is 8. The molecule has 2 amide bonds. The van der Waals surface area contributed by atoms with Gasteiger partial charge in [0.2, 0.25) is 0 Å². The zero-order valence-electron chi connectivity index (χ0n) is 19.6. The molecule has 37 heavy (non-hydrogen) atoms. The van der Waals surface area contributed by atoms with Gasteiger partial charge in [0.15, 0.2) is 0 Å². The molecule has 10 heteroatoms. The number of carbonyl (C=O) groups excluding carboxylic acids is 2. The van der Waals surface area contributed by atoms with Gasteiger partial charge in [-0.15, -0.1) is 11.3 Å². The molecule has 0 radical (unpaired) electrons. The van der Waals surface area contributed by atoms with Crippen molar-refractivity contribution < 1.29 is 18.9 Å². The second-order valence-corrected chi connectivity index (χ2v) is 12.0. The van der Waals surface area contributed by atoms with Crippen molar-refractivity contribution in [3.05, 3.63) is 88.9 Å². The van der Waals surface area contributed by atoms with Crippen LogP contribution in [0.1, 0.15) is 32.0 Å². The average molecular weight is 550 g/mol. The highest BCUT2D eigenvalue weighted by molar-refractivity contribution is 7.99. The van der Waals surface area contributed by atoms with Crippen molar-refractivity contribution in [1.82, 2.24) is 10.3 Å². The van der Waals surface area contributed by atoms with Crippen molar-refractivity contribution in [2.24, 2.45) is 0 Å². The molecule has 1 aliphatic rings. The molecule has 5 rings (SSSR count). The number of benzene rings is 3. The Kier molecular flexibility index (Phi) is 7.80. The molecule has 4 aromatic rings. The number of nitrogens with zero attached hydrogens (tertiary/aromatic N) is 1. The predicted molar refractivity (Wildman–Crippen MR) is 147 cm³/mol. The van der Waals surface area contributed by atoms with E-state index >= 15 is 0 Å². The first-order chi connectivity index (χ1) is 18.0. The number of anilines is 1. The second-order valence-electron chi connectivity index (χ2n) is 8.23. The largest absolute Gasteiger partial charge is 0.396 e. The lowest BCUT2D eigenvalue weighted by Gasteiger charge is -2.09. The summed E-state index contributed by atoms with van der Waals surface area (Å²) in [4.78, 5) is 33.3. The molecule has 0 spiro atoms. The Morgan fingerprint density at radius 3 is 2.68 bits per heavy atom. The van der Waals surface area contributed by atoms with Gasteiger partial charge in [0.05, 0.1) is 28.6 Å². The molecule has 0 aliphatic carbocycles. The van der Waals surface area contributed by atoms with Crippen LogP contribution in [0.5, 0.6) is 0 Å². The van der Waals surface area contributed by atoms with Crippen molar-refractivity contribution in [3.8, 4) is 10.6 Å². The van der Waals surface area contributed by atoms with Crippen LogP contribution in [0.15, 0.2) is 87.6 Å². The summed E-state index contributed by atoms with van der Waals surface area (Å²) < 4.78 is 12.2. The summed E-state index contributed by atoms with van der Waals surface area (Å²) in [7, 11) is -1.13. The van der Waals surface area contributed by atoms with E-state index in [0.717, 1.165) is 30.1 Å². The molecular weight excluding hydrogens is 527 g/mol. The lowest BCUT2D eigenvalue weighted by atomic mass is 10.1. The minimum Gasteiger partial charge on any atom is -0.396 e. The zero-order chi connectivity index (χ0) is 25.8.